The number of anilines is 1. The third-order valence-electron chi connectivity index (χ3n) is 2.67. The number of halogens is 1. The van der Waals surface area contributed by atoms with E-state index in [0.717, 1.165) is 0 Å². The Labute approximate surface area is 113 Å². The second-order valence-corrected chi connectivity index (χ2v) is 4.96. The van der Waals surface area contributed by atoms with E-state index in [2.05, 4.69) is 9.97 Å². The fraction of sp³-hybridized carbons (Fsp3) is 0. The molecular formula is C14H10FN3S. The van der Waals surface area contributed by atoms with Crippen LogP contribution in [0.3, 0.4) is 0 Å². The fourth-order valence-electron chi connectivity index (χ4n) is 1.84. The maximum absolute atomic E-state index is 13.9. The average Bonchev–Trinajstić information content (AvgIpc) is 2.82. The van der Waals surface area contributed by atoms with Crippen LogP contribution < -0.4 is 5.73 Å². The molecule has 0 radical (unpaired) electrons. The number of nitrogens with zero attached hydrogens (tertiary/aromatic N) is 2. The van der Waals surface area contributed by atoms with Crippen LogP contribution in [-0.2, 0) is 0 Å². The van der Waals surface area contributed by atoms with E-state index in [0.29, 0.717) is 27.0 Å². The molecule has 0 unspecified atom stereocenters. The van der Waals surface area contributed by atoms with Crippen LogP contribution >= 0.6 is 11.3 Å². The Morgan fingerprint density at radius 3 is 2.58 bits per heavy atom. The Hall–Kier alpha value is -2.27. The number of hydrogen-bond donors (Lipinski definition) is 1. The van der Waals surface area contributed by atoms with E-state index in [1.165, 1.54) is 17.4 Å². The number of thiazole rings is 1. The topological polar surface area (TPSA) is 51.8 Å². The summed E-state index contributed by atoms with van der Waals surface area (Å²) in [6.07, 6.45) is 1.68. The molecular weight excluding hydrogens is 261 g/mol. The number of nitrogens with two attached hydrogens (primary N) is 1. The summed E-state index contributed by atoms with van der Waals surface area (Å²) in [5.41, 5.74) is 7.57. The summed E-state index contributed by atoms with van der Waals surface area (Å²) in [6.45, 7) is 0. The van der Waals surface area contributed by atoms with Crippen LogP contribution in [0.25, 0.3) is 21.8 Å². The zero-order valence-corrected chi connectivity index (χ0v) is 10.7. The summed E-state index contributed by atoms with van der Waals surface area (Å²) in [5, 5.41) is 0.402. The van der Waals surface area contributed by atoms with E-state index >= 15 is 0 Å². The molecule has 0 spiro atoms. The van der Waals surface area contributed by atoms with Gasteiger partial charge in [-0.1, -0.05) is 35.6 Å². The lowest BCUT2D eigenvalue weighted by molar-refractivity contribution is 0.631. The summed E-state index contributed by atoms with van der Waals surface area (Å²) < 4.78 is 13.9. The van der Waals surface area contributed by atoms with E-state index in [1.54, 1.807) is 24.4 Å². The molecule has 2 N–H and O–H groups in total. The molecule has 0 aliphatic heterocycles. The molecule has 5 heteroatoms. The Kier molecular flexibility index (Phi) is 2.97. The van der Waals surface area contributed by atoms with E-state index in [1.807, 2.05) is 18.2 Å². The molecule has 0 saturated heterocycles. The maximum Gasteiger partial charge on any atom is 0.181 e. The van der Waals surface area contributed by atoms with E-state index in [-0.39, 0.29) is 5.82 Å². The van der Waals surface area contributed by atoms with Gasteiger partial charge in [0, 0.05) is 11.8 Å². The standard InChI is InChI=1S/C14H10FN3S/c15-10-6-2-1-5-9(10)13-12(18-14(16)19-13)11-7-3-4-8-17-11/h1-8H,(H2,16,18). The Balaban J connectivity index is 2.21. The van der Waals surface area contributed by atoms with Crippen LogP contribution in [0.2, 0.25) is 0 Å². The summed E-state index contributed by atoms with van der Waals surface area (Å²) in [7, 11) is 0. The predicted molar refractivity (Wildman–Crippen MR) is 75.2 cm³/mol. The smallest absolute Gasteiger partial charge is 0.181 e. The zero-order chi connectivity index (χ0) is 13.2. The second kappa shape index (κ2) is 4.78. The molecule has 0 bridgehead atoms. The van der Waals surface area contributed by atoms with Gasteiger partial charge < -0.3 is 5.73 Å². The van der Waals surface area contributed by atoms with Gasteiger partial charge in [0.1, 0.15) is 11.5 Å². The highest BCUT2D eigenvalue weighted by Gasteiger charge is 2.16. The molecule has 0 aliphatic carbocycles. The maximum atomic E-state index is 13.9. The fourth-order valence-corrected chi connectivity index (χ4v) is 2.71. The molecule has 2 aromatic heterocycles. The van der Waals surface area contributed by atoms with Gasteiger partial charge in [-0.2, -0.15) is 0 Å². The van der Waals surface area contributed by atoms with Crippen molar-refractivity contribution in [2.45, 2.75) is 0 Å². The number of benzene rings is 1. The third kappa shape index (κ3) is 2.20. The van der Waals surface area contributed by atoms with Gasteiger partial charge in [-0.05, 0) is 18.2 Å². The van der Waals surface area contributed by atoms with Crippen molar-refractivity contribution in [2.75, 3.05) is 5.73 Å². The first kappa shape index (κ1) is 11.8. The second-order valence-electron chi connectivity index (χ2n) is 3.92. The number of aromatic nitrogens is 2. The van der Waals surface area contributed by atoms with Crippen LogP contribution in [0.4, 0.5) is 9.52 Å². The lowest BCUT2D eigenvalue weighted by atomic mass is 10.1. The van der Waals surface area contributed by atoms with Crippen molar-refractivity contribution in [1.82, 2.24) is 9.97 Å². The van der Waals surface area contributed by atoms with Crippen LogP contribution in [-0.4, -0.2) is 9.97 Å². The number of pyridine rings is 1. The average molecular weight is 271 g/mol. The molecule has 0 aliphatic rings. The number of nitrogen functional groups attached to an aromatic ring is 1. The van der Waals surface area contributed by atoms with Gasteiger partial charge in [0.05, 0.1) is 10.6 Å². The highest BCUT2D eigenvalue weighted by Crippen LogP contribution is 2.38. The van der Waals surface area contributed by atoms with Crippen molar-refractivity contribution < 1.29 is 4.39 Å². The Morgan fingerprint density at radius 2 is 1.84 bits per heavy atom. The molecule has 94 valence electrons. The van der Waals surface area contributed by atoms with Gasteiger partial charge in [0.25, 0.3) is 0 Å². The van der Waals surface area contributed by atoms with E-state index < -0.39 is 0 Å². The summed E-state index contributed by atoms with van der Waals surface area (Å²) in [4.78, 5) is 9.21. The quantitative estimate of drug-likeness (QED) is 0.775. The van der Waals surface area contributed by atoms with Gasteiger partial charge in [-0.3, -0.25) is 4.98 Å². The Morgan fingerprint density at radius 1 is 1.05 bits per heavy atom. The van der Waals surface area contributed by atoms with Gasteiger partial charge >= 0.3 is 0 Å². The molecule has 0 amide bonds. The third-order valence-corrected chi connectivity index (χ3v) is 3.59. The van der Waals surface area contributed by atoms with Gasteiger partial charge in [0.2, 0.25) is 0 Å². The normalized spacial score (nSPS) is 10.6. The zero-order valence-electron chi connectivity index (χ0n) is 9.88. The molecule has 2 heterocycles. The van der Waals surface area contributed by atoms with Crippen molar-refractivity contribution in [1.29, 1.82) is 0 Å². The highest BCUT2D eigenvalue weighted by molar-refractivity contribution is 7.19. The van der Waals surface area contributed by atoms with Crippen molar-refractivity contribution in [3.8, 4) is 21.8 Å². The molecule has 0 atom stereocenters. The minimum atomic E-state index is -0.289. The molecule has 0 fully saturated rings. The number of rotatable bonds is 2. The lowest BCUT2D eigenvalue weighted by Crippen LogP contribution is -1.88. The minimum absolute atomic E-state index is 0.289. The molecule has 3 rings (SSSR count). The van der Waals surface area contributed by atoms with Crippen LogP contribution in [0.1, 0.15) is 0 Å². The molecule has 0 saturated carbocycles. The van der Waals surface area contributed by atoms with Crippen molar-refractivity contribution in [3.05, 3.63) is 54.5 Å². The van der Waals surface area contributed by atoms with Crippen molar-refractivity contribution in [2.24, 2.45) is 0 Å². The summed E-state index contributed by atoms with van der Waals surface area (Å²) in [6, 6.07) is 12.1. The van der Waals surface area contributed by atoms with Gasteiger partial charge in [-0.25, -0.2) is 9.37 Å². The van der Waals surface area contributed by atoms with E-state index in [9.17, 15) is 4.39 Å². The lowest BCUT2D eigenvalue weighted by Gasteiger charge is -2.02. The first-order valence-electron chi connectivity index (χ1n) is 5.68. The van der Waals surface area contributed by atoms with E-state index in [4.69, 9.17) is 5.73 Å². The summed E-state index contributed by atoms with van der Waals surface area (Å²) >= 11 is 1.26. The van der Waals surface area contributed by atoms with Crippen LogP contribution in [0, 0.1) is 5.82 Å². The minimum Gasteiger partial charge on any atom is -0.375 e. The first-order valence-corrected chi connectivity index (χ1v) is 6.50. The SMILES string of the molecule is Nc1nc(-c2ccccn2)c(-c2ccccc2F)s1. The summed E-state index contributed by atoms with van der Waals surface area (Å²) in [5.74, 6) is -0.289. The Bertz CT molecular complexity index is 710. The molecule has 1 aromatic carbocycles. The largest absolute Gasteiger partial charge is 0.375 e. The molecule has 3 nitrogen and oxygen atoms in total. The van der Waals surface area contributed by atoms with Crippen LogP contribution in [0.5, 0.6) is 0 Å². The van der Waals surface area contributed by atoms with Crippen molar-refractivity contribution >= 4 is 16.5 Å². The van der Waals surface area contributed by atoms with Gasteiger partial charge in [-0.15, -0.1) is 0 Å². The molecule has 19 heavy (non-hydrogen) atoms. The monoisotopic (exact) mass is 271 g/mol. The predicted octanol–water partition coefficient (Wildman–Crippen LogP) is 3.59. The van der Waals surface area contributed by atoms with Crippen LogP contribution in [0.15, 0.2) is 48.7 Å². The molecule has 3 aromatic rings. The highest BCUT2D eigenvalue weighted by atomic mass is 32.1. The number of hydrogen-bond acceptors (Lipinski definition) is 4. The first-order chi connectivity index (χ1) is 9.25. The van der Waals surface area contributed by atoms with Crippen molar-refractivity contribution in [3.63, 3.8) is 0 Å². The van der Waals surface area contributed by atoms with Gasteiger partial charge in [0.15, 0.2) is 5.13 Å².